The quantitative estimate of drug-likeness (QED) is 0.924. The number of hydrogen-bond donors (Lipinski definition) is 1. The Morgan fingerprint density at radius 1 is 1.56 bits per heavy atom. The summed E-state index contributed by atoms with van der Waals surface area (Å²) in [6, 6.07) is 5.52. The van der Waals surface area contributed by atoms with Crippen molar-refractivity contribution in [3.8, 4) is 5.75 Å². The summed E-state index contributed by atoms with van der Waals surface area (Å²) in [5.41, 5.74) is 0.597. The lowest BCUT2D eigenvalue weighted by Gasteiger charge is -2.13. The van der Waals surface area contributed by atoms with E-state index in [2.05, 4.69) is 21.2 Å². The van der Waals surface area contributed by atoms with Crippen LogP contribution >= 0.6 is 15.9 Å². The number of hydrogen-bond acceptors (Lipinski definition) is 2. The third-order valence-corrected chi connectivity index (χ3v) is 3.10. The molecule has 3 nitrogen and oxygen atoms in total. The van der Waals surface area contributed by atoms with Gasteiger partial charge >= 0.3 is 0 Å². The Labute approximate surface area is 104 Å². The van der Waals surface area contributed by atoms with Crippen LogP contribution in [0.5, 0.6) is 5.75 Å². The highest BCUT2D eigenvalue weighted by atomic mass is 79.9. The van der Waals surface area contributed by atoms with Gasteiger partial charge in [0.05, 0.1) is 12.7 Å². The Balaban J connectivity index is 2.89. The van der Waals surface area contributed by atoms with E-state index in [1.54, 1.807) is 13.2 Å². The number of benzene rings is 1. The van der Waals surface area contributed by atoms with Gasteiger partial charge in [-0.15, -0.1) is 0 Å². The maximum atomic E-state index is 11.9. The Morgan fingerprint density at radius 3 is 2.81 bits per heavy atom. The van der Waals surface area contributed by atoms with Crippen molar-refractivity contribution in [2.75, 3.05) is 7.11 Å². The molecule has 4 heteroatoms. The highest BCUT2D eigenvalue weighted by Crippen LogP contribution is 2.22. The SMILES string of the molecule is CCC(C)NC(=O)c1cc(OC)ccc1Br. The van der Waals surface area contributed by atoms with Gasteiger partial charge in [-0.25, -0.2) is 0 Å². The first-order valence-electron chi connectivity index (χ1n) is 5.22. The number of amides is 1. The van der Waals surface area contributed by atoms with Crippen LogP contribution in [0.1, 0.15) is 30.6 Å². The molecule has 1 unspecified atom stereocenters. The second-order valence-electron chi connectivity index (χ2n) is 3.63. The number of methoxy groups -OCH3 is 1. The van der Waals surface area contributed by atoms with Crippen LogP contribution in [0.3, 0.4) is 0 Å². The lowest BCUT2D eigenvalue weighted by molar-refractivity contribution is 0.0938. The molecule has 0 bridgehead atoms. The molecule has 0 aromatic heterocycles. The lowest BCUT2D eigenvalue weighted by Crippen LogP contribution is -2.32. The predicted octanol–water partition coefficient (Wildman–Crippen LogP) is 2.99. The first-order valence-corrected chi connectivity index (χ1v) is 6.02. The molecule has 88 valence electrons. The van der Waals surface area contributed by atoms with E-state index >= 15 is 0 Å². The first kappa shape index (κ1) is 13.0. The third-order valence-electron chi connectivity index (χ3n) is 2.41. The van der Waals surface area contributed by atoms with Gasteiger partial charge in [0.25, 0.3) is 5.91 Å². The molecular weight excluding hydrogens is 270 g/mol. The van der Waals surface area contributed by atoms with Gasteiger partial charge in [0.15, 0.2) is 0 Å². The molecule has 0 saturated heterocycles. The smallest absolute Gasteiger partial charge is 0.252 e. The van der Waals surface area contributed by atoms with Gasteiger partial charge in [0.2, 0.25) is 0 Å². The van der Waals surface area contributed by atoms with Crippen LogP contribution in [0.15, 0.2) is 22.7 Å². The fourth-order valence-corrected chi connectivity index (χ4v) is 1.64. The summed E-state index contributed by atoms with van der Waals surface area (Å²) in [7, 11) is 1.58. The van der Waals surface area contributed by atoms with Gasteiger partial charge in [0.1, 0.15) is 5.75 Å². The standard InChI is InChI=1S/C12H16BrNO2/c1-4-8(2)14-12(15)10-7-9(16-3)5-6-11(10)13/h5-8H,4H2,1-3H3,(H,14,15). The van der Waals surface area contributed by atoms with Gasteiger partial charge in [-0.05, 0) is 47.5 Å². The Bertz CT molecular complexity index is 379. The maximum absolute atomic E-state index is 11.9. The van der Waals surface area contributed by atoms with Crippen molar-refractivity contribution in [1.82, 2.24) is 5.32 Å². The van der Waals surface area contributed by atoms with E-state index in [1.807, 2.05) is 26.0 Å². The highest BCUT2D eigenvalue weighted by molar-refractivity contribution is 9.10. The number of nitrogens with one attached hydrogen (secondary N) is 1. The van der Waals surface area contributed by atoms with Crippen LogP contribution < -0.4 is 10.1 Å². The van der Waals surface area contributed by atoms with Crippen LogP contribution in [0, 0.1) is 0 Å². The van der Waals surface area contributed by atoms with E-state index in [-0.39, 0.29) is 11.9 Å². The van der Waals surface area contributed by atoms with Crippen molar-refractivity contribution in [2.45, 2.75) is 26.3 Å². The van der Waals surface area contributed by atoms with Gasteiger partial charge in [-0.2, -0.15) is 0 Å². The molecule has 1 N–H and O–H groups in total. The molecule has 0 radical (unpaired) electrons. The van der Waals surface area contributed by atoms with Crippen LogP contribution in [0.25, 0.3) is 0 Å². The average molecular weight is 286 g/mol. The molecule has 0 spiro atoms. The zero-order valence-corrected chi connectivity index (χ0v) is 11.3. The molecule has 0 aliphatic carbocycles. The van der Waals surface area contributed by atoms with Crippen molar-refractivity contribution < 1.29 is 9.53 Å². The highest BCUT2D eigenvalue weighted by Gasteiger charge is 2.12. The van der Waals surface area contributed by atoms with E-state index in [0.29, 0.717) is 11.3 Å². The molecule has 0 fully saturated rings. The molecule has 0 saturated carbocycles. The monoisotopic (exact) mass is 285 g/mol. The first-order chi connectivity index (χ1) is 7.58. The summed E-state index contributed by atoms with van der Waals surface area (Å²) >= 11 is 3.36. The molecule has 1 aromatic carbocycles. The van der Waals surface area contributed by atoms with Crippen LogP contribution in [-0.4, -0.2) is 19.1 Å². The van der Waals surface area contributed by atoms with Crippen molar-refractivity contribution in [3.05, 3.63) is 28.2 Å². The fourth-order valence-electron chi connectivity index (χ4n) is 1.21. The largest absolute Gasteiger partial charge is 0.497 e. The van der Waals surface area contributed by atoms with E-state index in [9.17, 15) is 4.79 Å². The van der Waals surface area contributed by atoms with Crippen LogP contribution in [-0.2, 0) is 0 Å². The van der Waals surface area contributed by atoms with E-state index in [4.69, 9.17) is 4.74 Å². The number of carbonyl (C=O) groups is 1. The molecule has 1 aromatic rings. The van der Waals surface area contributed by atoms with Gasteiger partial charge < -0.3 is 10.1 Å². The fraction of sp³-hybridized carbons (Fsp3) is 0.417. The van der Waals surface area contributed by atoms with Crippen LogP contribution in [0.4, 0.5) is 0 Å². The average Bonchev–Trinajstić information content (AvgIpc) is 2.29. The molecule has 0 aliphatic heterocycles. The second-order valence-corrected chi connectivity index (χ2v) is 4.48. The summed E-state index contributed by atoms with van der Waals surface area (Å²) in [6.45, 7) is 4.01. The molecule has 1 amide bonds. The number of carbonyl (C=O) groups excluding carboxylic acids is 1. The molecular formula is C12H16BrNO2. The number of rotatable bonds is 4. The third kappa shape index (κ3) is 3.23. The molecule has 0 aliphatic rings. The lowest BCUT2D eigenvalue weighted by atomic mass is 10.1. The Morgan fingerprint density at radius 2 is 2.25 bits per heavy atom. The maximum Gasteiger partial charge on any atom is 0.252 e. The topological polar surface area (TPSA) is 38.3 Å². The zero-order chi connectivity index (χ0) is 12.1. The summed E-state index contributed by atoms with van der Waals surface area (Å²) in [5.74, 6) is 0.595. The Kier molecular flexibility index (Phi) is 4.80. The van der Waals surface area contributed by atoms with Gasteiger partial charge in [-0.1, -0.05) is 6.92 Å². The minimum atomic E-state index is -0.0832. The van der Waals surface area contributed by atoms with E-state index < -0.39 is 0 Å². The van der Waals surface area contributed by atoms with E-state index in [1.165, 1.54) is 0 Å². The van der Waals surface area contributed by atoms with Gasteiger partial charge in [0, 0.05) is 10.5 Å². The van der Waals surface area contributed by atoms with Crippen LogP contribution in [0.2, 0.25) is 0 Å². The van der Waals surface area contributed by atoms with Crippen molar-refractivity contribution in [2.24, 2.45) is 0 Å². The number of ether oxygens (including phenoxy) is 1. The normalized spacial score (nSPS) is 12.0. The minimum absolute atomic E-state index is 0.0832. The summed E-state index contributed by atoms with van der Waals surface area (Å²) in [5, 5.41) is 2.91. The molecule has 1 rings (SSSR count). The summed E-state index contributed by atoms with van der Waals surface area (Å²) in [4.78, 5) is 11.9. The van der Waals surface area contributed by atoms with Crippen molar-refractivity contribution in [1.29, 1.82) is 0 Å². The summed E-state index contributed by atoms with van der Waals surface area (Å²) in [6.07, 6.45) is 0.910. The predicted molar refractivity (Wildman–Crippen MR) is 67.9 cm³/mol. The Hall–Kier alpha value is -1.03. The minimum Gasteiger partial charge on any atom is -0.497 e. The summed E-state index contributed by atoms with van der Waals surface area (Å²) < 4.78 is 5.86. The van der Waals surface area contributed by atoms with Gasteiger partial charge in [-0.3, -0.25) is 4.79 Å². The molecule has 16 heavy (non-hydrogen) atoms. The van der Waals surface area contributed by atoms with Crippen molar-refractivity contribution in [3.63, 3.8) is 0 Å². The zero-order valence-electron chi connectivity index (χ0n) is 9.71. The number of halogens is 1. The molecule has 1 atom stereocenters. The van der Waals surface area contributed by atoms with Crippen molar-refractivity contribution >= 4 is 21.8 Å². The molecule has 0 heterocycles. The van der Waals surface area contributed by atoms with E-state index in [0.717, 1.165) is 10.9 Å². The second kappa shape index (κ2) is 5.89.